The van der Waals surface area contributed by atoms with E-state index in [1.54, 1.807) is 24.3 Å². The highest BCUT2D eigenvalue weighted by Crippen LogP contribution is 2.34. The molecule has 8 heteroatoms. The van der Waals surface area contributed by atoms with Gasteiger partial charge in [-0.2, -0.15) is 0 Å². The van der Waals surface area contributed by atoms with Gasteiger partial charge in [0.2, 0.25) is 6.79 Å². The van der Waals surface area contributed by atoms with Crippen LogP contribution in [0.15, 0.2) is 34.9 Å². The molecule has 0 saturated heterocycles. The first-order valence-electron chi connectivity index (χ1n) is 6.84. The summed E-state index contributed by atoms with van der Waals surface area (Å²) in [6.07, 6.45) is 1.39. The molecule has 0 fully saturated rings. The van der Waals surface area contributed by atoms with Crippen molar-refractivity contribution in [1.29, 1.82) is 0 Å². The molecule has 1 aliphatic heterocycles. The van der Waals surface area contributed by atoms with Gasteiger partial charge in [-0.1, -0.05) is 0 Å². The smallest absolute Gasteiger partial charge is 0.254 e. The highest BCUT2D eigenvalue weighted by molar-refractivity contribution is 5.93. The van der Waals surface area contributed by atoms with Crippen LogP contribution in [0.5, 0.6) is 17.2 Å². The molecule has 124 valence electrons. The summed E-state index contributed by atoms with van der Waals surface area (Å²) in [6.45, 7) is 1.20. The van der Waals surface area contributed by atoms with Crippen LogP contribution in [0.2, 0.25) is 0 Å². The van der Waals surface area contributed by atoms with E-state index in [0.29, 0.717) is 41.7 Å². The Morgan fingerprint density at radius 1 is 1.26 bits per heavy atom. The molecule has 0 atom stereocenters. The molecule has 0 spiro atoms. The maximum absolute atomic E-state index is 11.8. The topological polar surface area (TPSA) is 96.0 Å². The summed E-state index contributed by atoms with van der Waals surface area (Å²) in [6, 6.07) is 6.96. The van der Waals surface area contributed by atoms with Crippen LogP contribution in [0.25, 0.3) is 0 Å². The molecule has 2 heterocycles. The van der Waals surface area contributed by atoms with Crippen molar-refractivity contribution in [3.63, 3.8) is 0 Å². The molecule has 23 heavy (non-hydrogen) atoms. The second-order valence-corrected chi connectivity index (χ2v) is 4.63. The molecule has 0 bridgehead atoms. The number of hydrogen-bond acceptors (Lipinski definition) is 6. The Labute approximate surface area is 139 Å². The lowest BCUT2D eigenvalue weighted by Gasteiger charge is -2.07. The predicted octanol–water partition coefficient (Wildman–Crippen LogP) is 1.70. The zero-order valence-electron chi connectivity index (χ0n) is 12.2. The van der Waals surface area contributed by atoms with E-state index in [0.717, 1.165) is 0 Å². The minimum atomic E-state index is -0.224. The average molecular weight is 341 g/mol. The van der Waals surface area contributed by atoms with Gasteiger partial charge in [-0.3, -0.25) is 4.79 Å². The predicted molar refractivity (Wildman–Crippen MR) is 84.2 cm³/mol. The third-order valence-corrected chi connectivity index (χ3v) is 3.12. The number of amides is 1. The van der Waals surface area contributed by atoms with E-state index >= 15 is 0 Å². The number of carbonyl (C=O) groups is 1. The summed E-state index contributed by atoms with van der Waals surface area (Å²) < 4.78 is 21.1. The molecule has 0 aliphatic carbocycles. The fourth-order valence-electron chi connectivity index (χ4n) is 2.01. The Morgan fingerprint density at radius 3 is 2.87 bits per heavy atom. The molecular weight excluding hydrogens is 324 g/mol. The molecule has 2 aromatic rings. The van der Waals surface area contributed by atoms with Gasteiger partial charge in [-0.05, 0) is 18.2 Å². The minimum absolute atomic E-state index is 0. The number of benzene rings is 1. The Bertz CT molecular complexity index is 674. The van der Waals surface area contributed by atoms with Crippen LogP contribution in [0, 0.1) is 0 Å². The van der Waals surface area contributed by atoms with Crippen LogP contribution < -0.4 is 25.3 Å². The van der Waals surface area contributed by atoms with Gasteiger partial charge in [-0.25, -0.2) is 0 Å². The second-order valence-electron chi connectivity index (χ2n) is 4.63. The third-order valence-electron chi connectivity index (χ3n) is 3.12. The third kappa shape index (κ3) is 4.08. The first-order chi connectivity index (χ1) is 10.8. The minimum Gasteiger partial charge on any atom is -0.492 e. The molecular formula is C15H17ClN2O5. The van der Waals surface area contributed by atoms with Crippen molar-refractivity contribution in [3.05, 3.63) is 41.9 Å². The summed E-state index contributed by atoms with van der Waals surface area (Å²) in [5.74, 6) is 2.37. The molecule has 3 N–H and O–H groups in total. The summed E-state index contributed by atoms with van der Waals surface area (Å²) in [5, 5.41) is 2.74. The lowest BCUT2D eigenvalue weighted by Crippen LogP contribution is -2.27. The van der Waals surface area contributed by atoms with Crippen molar-refractivity contribution in [2.24, 2.45) is 5.73 Å². The molecule has 7 nitrogen and oxygen atoms in total. The number of halogens is 1. The molecule has 1 aromatic carbocycles. The molecule has 0 unspecified atom stereocenters. The number of fused-ring (bicyclic) bond motifs is 1. The van der Waals surface area contributed by atoms with Crippen molar-refractivity contribution in [2.45, 2.75) is 6.54 Å². The Kier molecular flexibility index (Phi) is 5.72. The SMILES string of the molecule is Cl.NCc1cc(C(=O)NCCOc2ccc3c(c2)OCO3)co1. The highest BCUT2D eigenvalue weighted by atomic mass is 35.5. The first-order valence-corrected chi connectivity index (χ1v) is 6.84. The lowest BCUT2D eigenvalue weighted by atomic mass is 10.3. The Morgan fingerprint density at radius 2 is 2.09 bits per heavy atom. The molecule has 1 aromatic heterocycles. The maximum Gasteiger partial charge on any atom is 0.254 e. The Hall–Kier alpha value is -2.38. The second kappa shape index (κ2) is 7.75. The maximum atomic E-state index is 11.8. The van der Waals surface area contributed by atoms with E-state index in [1.807, 2.05) is 0 Å². The number of ether oxygens (including phenoxy) is 3. The van der Waals surface area contributed by atoms with E-state index in [1.165, 1.54) is 6.26 Å². The van der Waals surface area contributed by atoms with Crippen molar-refractivity contribution in [2.75, 3.05) is 19.9 Å². The van der Waals surface area contributed by atoms with E-state index in [9.17, 15) is 4.79 Å². The summed E-state index contributed by atoms with van der Waals surface area (Å²) in [7, 11) is 0. The van der Waals surface area contributed by atoms with Gasteiger partial charge in [0.25, 0.3) is 5.91 Å². The molecule has 3 rings (SSSR count). The van der Waals surface area contributed by atoms with E-state index in [2.05, 4.69) is 5.32 Å². The number of hydrogen-bond donors (Lipinski definition) is 2. The first kappa shape index (κ1) is 17.0. The molecule has 0 radical (unpaired) electrons. The van der Waals surface area contributed by atoms with Crippen LogP contribution in [0.4, 0.5) is 0 Å². The zero-order valence-corrected chi connectivity index (χ0v) is 13.1. The van der Waals surface area contributed by atoms with Crippen molar-refractivity contribution >= 4 is 18.3 Å². The lowest BCUT2D eigenvalue weighted by molar-refractivity contribution is 0.0946. The van der Waals surface area contributed by atoms with E-state index in [-0.39, 0.29) is 31.7 Å². The number of furan rings is 1. The van der Waals surface area contributed by atoms with Crippen LogP contribution in [-0.2, 0) is 6.54 Å². The monoisotopic (exact) mass is 340 g/mol. The van der Waals surface area contributed by atoms with Crippen LogP contribution in [-0.4, -0.2) is 25.9 Å². The summed E-state index contributed by atoms with van der Waals surface area (Å²) >= 11 is 0. The number of nitrogens with two attached hydrogens (primary N) is 1. The molecule has 1 aliphatic rings. The van der Waals surface area contributed by atoms with Gasteiger partial charge >= 0.3 is 0 Å². The standard InChI is InChI=1S/C15H16N2O5.ClH/c16-7-12-5-10(8-20-12)15(18)17-3-4-19-11-1-2-13-14(6-11)22-9-21-13;/h1-2,5-6,8H,3-4,7,9,16H2,(H,17,18);1H. The molecule has 1 amide bonds. The van der Waals surface area contributed by atoms with E-state index in [4.69, 9.17) is 24.4 Å². The largest absolute Gasteiger partial charge is 0.492 e. The van der Waals surface area contributed by atoms with Crippen LogP contribution >= 0.6 is 12.4 Å². The van der Waals surface area contributed by atoms with Gasteiger partial charge in [0.05, 0.1) is 18.7 Å². The van der Waals surface area contributed by atoms with Crippen molar-refractivity contribution in [3.8, 4) is 17.2 Å². The fourth-order valence-corrected chi connectivity index (χ4v) is 2.01. The van der Waals surface area contributed by atoms with Crippen molar-refractivity contribution < 1.29 is 23.4 Å². The summed E-state index contributed by atoms with van der Waals surface area (Å²) in [4.78, 5) is 11.8. The van der Waals surface area contributed by atoms with Crippen molar-refractivity contribution in [1.82, 2.24) is 5.32 Å². The number of carbonyl (C=O) groups excluding carboxylic acids is 1. The number of rotatable bonds is 6. The average Bonchev–Trinajstić information content (AvgIpc) is 3.19. The van der Waals surface area contributed by atoms with Gasteiger partial charge in [0, 0.05) is 6.07 Å². The quantitative estimate of drug-likeness (QED) is 0.777. The van der Waals surface area contributed by atoms with Gasteiger partial charge < -0.3 is 29.7 Å². The zero-order chi connectivity index (χ0) is 15.4. The Balaban J connectivity index is 0.00000192. The van der Waals surface area contributed by atoms with Gasteiger partial charge in [0.15, 0.2) is 11.5 Å². The van der Waals surface area contributed by atoms with E-state index < -0.39 is 0 Å². The van der Waals surface area contributed by atoms with Crippen LogP contribution in [0.3, 0.4) is 0 Å². The van der Waals surface area contributed by atoms with Crippen LogP contribution in [0.1, 0.15) is 16.1 Å². The van der Waals surface area contributed by atoms with Gasteiger partial charge in [0.1, 0.15) is 24.4 Å². The molecule has 0 saturated carbocycles. The number of nitrogens with one attached hydrogen (secondary N) is 1. The fraction of sp³-hybridized carbons (Fsp3) is 0.267. The highest BCUT2D eigenvalue weighted by Gasteiger charge is 2.13. The normalized spacial score (nSPS) is 11.7. The van der Waals surface area contributed by atoms with Gasteiger partial charge in [-0.15, -0.1) is 12.4 Å². The summed E-state index contributed by atoms with van der Waals surface area (Å²) in [5.41, 5.74) is 5.87.